The predicted molar refractivity (Wildman–Crippen MR) is 71.2 cm³/mol. The van der Waals surface area contributed by atoms with Gasteiger partial charge in [-0.15, -0.1) is 10.2 Å². The third-order valence-corrected chi connectivity index (χ3v) is 4.08. The Morgan fingerprint density at radius 3 is 2.53 bits per heavy atom. The molecule has 6 heteroatoms. The van der Waals surface area contributed by atoms with E-state index < -0.39 is 9.84 Å². The number of aryl methyl sites for hydroxylation is 2. The largest absolute Gasteiger partial charge is 0.424 e. The fourth-order valence-corrected chi connectivity index (χ4v) is 3.07. The SMILES string of the molecule is CCc1nnc(CS(=O)(=O)Cc2cccc(C)c2)o1. The Bertz CT molecular complexity index is 662. The van der Waals surface area contributed by atoms with Crippen LogP contribution >= 0.6 is 0 Å². The summed E-state index contributed by atoms with van der Waals surface area (Å²) in [6.07, 6.45) is 0.602. The lowest BCUT2D eigenvalue weighted by molar-refractivity contribution is 0.465. The molecule has 2 aromatic rings. The summed E-state index contributed by atoms with van der Waals surface area (Å²) in [5.41, 5.74) is 1.81. The Hall–Kier alpha value is -1.69. The molecule has 1 aromatic carbocycles. The van der Waals surface area contributed by atoms with Crippen LogP contribution in [0.4, 0.5) is 0 Å². The summed E-state index contributed by atoms with van der Waals surface area (Å²) < 4.78 is 29.3. The van der Waals surface area contributed by atoms with Crippen LogP contribution in [0.15, 0.2) is 28.7 Å². The molecule has 0 aliphatic carbocycles. The van der Waals surface area contributed by atoms with Gasteiger partial charge < -0.3 is 4.42 Å². The Labute approximate surface area is 112 Å². The maximum Gasteiger partial charge on any atom is 0.231 e. The van der Waals surface area contributed by atoms with E-state index in [0.717, 1.165) is 11.1 Å². The molecule has 1 heterocycles. The zero-order valence-electron chi connectivity index (χ0n) is 11.0. The minimum absolute atomic E-state index is 0.0154. The molecule has 5 nitrogen and oxygen atoms in total. The molecule has 0 spiro atoms. The summed E-state index contributed by atoms with van der Waals surface area (Å²) in [5, 5.41) is 7.49. The first-order valence-electron chi connectivity index (χ1n) is 6.06. The highest BCUT2D eigenvalue weighted by atomic mass is 32.2. The van der Waals surface area contributed by atoms with Crippen molar-refractivity contribution in [3.63, 3.8) is 0 Å². The fourth-order valence-electron chi connectivity index (χ4n) is 1.78. The van der Waals surface area contributed by atoms with E-state index >= 15 is 0 Å². The standard InChI is InChI=1S/C13H16N2O3S/c1-3-12-14-15-13(18-12)9-19(16,17)8-11-6-4-5-10(2)7-11/h4-7H,3,8-9H2,1-2H3. The zero-order valence-corrected chi connectivity index (χ0v) is 11.8. The Morgan fingerprint density at radius 1 is 1.16 bits per heavy atom. The number of hydrogen-bond acceptors (Lipinski definition) is 5. The average Bonchev–Trinajstić information content (AvgIpc) is 2.75. The lowest BCUT2D eigenvalue weighted by Crippen LogP contribution is -2.08. The molecule has 1 aromatic heterocycles. The van der Waals surface area contributed by atoms with E-state index in [-0.39, 0.29) is 17.4 Å². The summed E-state index contributed by atoms with van der Waals surface area (Å²) in [4.78, 5) is 0. The van der Waals surface area contributed by atoms with Crippen LogP contribution in [0.5, 0.6) is 0 Å². The molecule has 0 aliphatic rings. The van der Waals surface area contributed by atoms with Crippen molar-refractivity contribution in [2.24, 2.45) is 0 Å². The van der Waals surface area contributed by atoms with Gasteiger partial charge in [0.25, 0.3) is 0 Å². The van der Waals surface area contributed by atoms with Crippen molar-refractivity contribution in [2.75, 3.05) is 0 Å². The maximum atomic E-state index is 12.1. The van der Waals surface area contributed by atoms with Crippen LogP contribution in [0, 0.1) is 6.92 Å². The smallest absolute Gasteiger partial charge is 0.231 e. The molecule has 0 bridgehead atoms. The van der Waals surface area contributed by atoms with E-state index in [1.165, 1.54) is 0 Å². The molecule has 0 N–H and O–H groups in total. The highest BCUT2D eigenvalue weighted by Gasteiger charge is 2.17. The predicted octanol–water partition coefficient (Wildman–Crippen LogP) is 2.06. The van der Waals surface area contributed by atoms with Crippen molar-refractivity contribution >= 4 is 9.84 Å². The molecule has 0 saturated carbocycles. The molecule has 0 radical (unpaired) electrons. The molecule has 19 heavy (non-hydrogen) atoms. The summed E-state index contributed by atoms with van der Waals surface area (Å²) in [5.74, 6) is 0.386. The van der Waals surface area contributed by atoms with Gasteiger partial charge in [-0.1, -0.05) is 36.8 Å². The number of benzene rings is 1. The number of sulfone groups is 1. The highest BCUT2D eigenvalue weighted by molar-refractivity contribution is 7.89. The van der Waals surface area contributed by atoms with Crippen molar-refractivity contribution in [3.8, 4) is 0 Å². The van der Waals surface area contributed by atoms with Gasteiger partial charge in [-0.05, 0) is 12.5 Å². The van der Waals surface area contributed by atoms with E-state index in [1.807, 2.05) is 32.0 Å². The minimum Gasteiger partial charge on any atom is -0.424 e. The molecule has 2 rings (SSSR count). The second-order valence-electron chi connectivity index (χ2n) is 4.46. The molecule has 0 amide bonds. The van der Waals surface area contributed by atoms with Crippen LogP contribution in [0.3, 0.4) is 0 Å². The maximum absolute atomic E-state index is 12.1. The molecule has 0 unspecified atom stereocenters. The second kappa shape index (κ2) is 5.52. The van der Waals surface area contributed by atoms with Gasteiger partial charge in [0.05, 0.1) is 5.75 Å². The van der Waals surface area contributed by atoms with E-state index in [4.69, 9.17) is 4.42 Å². The number of hydrogen-bond donors (Lipinski definition) is 0. The Morgan fingerprint density at radius 2 is 1.89 bits per heavy atom. The van der Waals surface area contributed by atoms with Gasteiger partial charge in [0.1, 0.15) is 5.75 Å². The number of rotatable bonds is 5. The van der Waals surface area contributed by atoms with Gasteiger partial charge in [-0.3, -0.25) is 0 Å². The summed E-state index contributed by atoms with van der Waals surface area (Å²) in [6.45, 7) is 3.81. The normalized spacial score (nSPS) is 11.7. The van der Waals surface area contributed by atoms with Crippen molar-refractivity contribution in [1.29, 1.82) is 0 Å². The van der Waals surface area contributed by atoms with E-state index in [0.29, 0.717) is 12.3 Å². The van der Waals surface area contributed by atoms with Crippen LogP contribution in [0.2, 0.25) is 0 Å². The quantitative estimate of drug-likeness (QED) is 0.838. The van der Waals surface area contributed by atoms with Gasteiger partial charge in [-0.2, -0.15) is 0 Å². The van der Waals surface area contributed by atoms with E-state index in [2.05, 4.69) is 10.2 Å². The molecular weight excluding hydrogens is 264 g/mol. The zero-order chi connectivity index (χ0) is 13.9. The van der Waals surface area contributed by atoms with Crippen LogP contribution in [-0.4, -0.2) is 18.6 Å². The van der Waals surface area contributed by atoms with Gasteiger partial charge in [0, 0.05) is 6.42 Å². The number of aromatic nitrogens is 2. The van der Waals surface area contributed by atoms with E-state index in [1.54, 1.807) is 6.07 Å². The average molecular weight is 280 g/mol. The highest BCUT2D eigenvalue weighted by Crippen LogP contribution is 2.13. The molecular formula is C13H16N2O3S. The monoisotopic (exact) mass is 280 g/mol. The minimum atomic E-state index is -3.30. The van der Waals surface area contributed by atoms with Crippen molar-refractivity contribution in [1.82, 2.24) is 10.2 Å². The van der Waals surface area contributed by atoms with Gasteiger partial charge in [-0.25, -0.2) is 8.42 Å². The van der Waals surface area contributed by atoms with E-state index in [9.17, 15) is 8.42 Å². The van der Waals surface area contributed by atoms with Crippen LogP contribution in [0.1, 0.15) is 29.8 Å². The van der Waals surface area contributed by atoms with Crippen molar-refractivity contribution < 1.29 is 12.8 Å². The summed E-state index contributed by atoms with van der Waals surface area (Å²) >= 11 is 0. The van der Waals surface area contributed by atoms with Crippen LogP contribution < -0.4 is 0 Å². The van der Waals surface area contributed by atoms with Crippen LogP contribution in [0.25, 0.3) is 0 Å². The second-order valence-corrected chi connectivity index (χ2v) is 6.53. The van der Waals surface area contributed by atoms with Crippen LogP contribution in [-0.2, 0) is 27.8 Å². The Kier molecular flexibility index (Phi) is 3.99. The first-order valence-corrected chi connectivity index (χ1v) is 7.88. The van der Waals surface area contributed by atoms with Gasteiger partial charge >= 0.3 is 0 Å². The third kappa shape index (κ3) is 3.89. The summed E-state index contributed by atoms with van der Waals surface area (Å²) in [7, 11) is -3.30. The van der Waals surface area contributed by atoms with Crippen molar-refractivity contribution in [2.45, 2.75) is 31.8 Å². The van der Waals surface area contributed by atoms with Crippen molar-refractivity contribution in [3.05, 3.63) is 47.2 Å². The lowest BCUT2D eigenvalue weighted by Gasteiger charge is -2.03. The molecule has 0 atom stereocenters. The third-order valence-electron chi connectivity index (χ3n) is 2.62. The van der Waals surface area contributed by atoms with Gasteiger partial charge in [0.15, 0.2) is 9.84 Å². The Balaban J connectivity index is 2.10. The lowest BCUT2D eigenvalue weighted by atomic mass is 10.2. The molecule has 0 fully saturated rings. The topological polar surface area (TPSA) is 73.1 Å². The van der Waals surface area contributed by atoms with Gasteiger partial charge in [0.2, 0.25) is 11.8 Å². The molecule has 0 aliphatic heterocycles. The first-order chi connectivity index (χ1) is 8.98. The molecule has 0 saturated heterocycles. The number of nitrogens with zero attached hydrogens (tertiary/aromatic N) is 2. The first kappa shape index (κ1) is 13.7. The molecule has 102 valence electrons. The summed E-state index contributed by atoms with van der Waals surface area (Å²) in [6, 6.07) is 7.45. The fraction of sp³-hybridized carbons (Fsp3) is 0.385.